The quantitative estimate of drug-likeness (QED) is 0.263. The molecule has 3 aromatic heterocycles. The molecule has 0 radical (unpaired) electrons. The first kappa shape index (κ1) is 28.0. The lowest BCUT2D eigenvalue weighted by molar-refractivity contribution is 0.460. The van der Waals surface area contributed by atoms with Gasteiger partial charge in [-0.15, -0.1) is 11.3 Å². The third kappa shape index (κ3) is 6.60. The zero-order valence-electron chi connectivity index (χ0n) is 23.0. The third-order valence-corrected chi connectivity index (χ3v) is 7.94. The molecule has 3 heterocycles. The fraction of sp³-hybridized carbons (Fsp3) is 0.212. The van der Waals surface area contributed by atoms with Crippen molar-refractivity contribution in [2.24, 2.45) is 0 Å². The van der Waals surface area contributed by atoms with Gasteiger partial charge in [-0.25, -0.2) is 4.98 Å². The van der Waals surface area contributed by atoms with Crippen molar-refractivity contribution < 1.29 is 0 Å². The Bertz CT molecular complexity index is 1710. The van der Waals surface area contributed by atoms with Crippen LogP contribution in [-0.2, 0) is 12.8 Å². The largest absolute Gasteiger partial charge is 0.375 e. The van der Waals surface area contributed by atoms with Crippen LogP contribution in [0.25, 0.3) is 28.1 Å². The maximum atomic E-state index is 13.3. The van der Waals surface area contributed by atoms with Gasteiger partial charge in [-0.3, -0.25) is 14.3 Å². The molecule has 0 spiro atoms. The summed E-state index contributed by atoms with van der Waals surface area (Å²) >= 11 is 1.65. The SMILES string of the molecule is CCCN[C@H]1CCc2nc(N)sc2C1.N#Cc1ccccc1-c1cc(-c2ccccn2)cn(-c2ccccc2)c1=O. The van der Waals surface area contributed by atoms with Gasteiger partial charge < -0.3 is 11.1 Å². The molecule has 0 aliphatic heterocycles. The summed E-state index contributed by atoms with van der Waals surface area (Å²) in [6.07, 6.45) is 8.12. The zero-order valence-corrected chi connectivity index (χ0v) is 23.8. The summed E-state index contributed by atoms with van der Waals surface area (Å²) in [6.45, 7) is 3.32. The topological polar surface area (TPSA) is 110 Å². The highest BCUT2D eigenvalue weighted by Crippen LogP contribution is 2.28. The van der Waals surface area contributed by atoms with Gasteiger partial charge in [-0.1, -0.05) is 49.4 Å². The number of pyridine rings is 2. The van der Waals surface area contributed by atoms with E-state index in [0.717, 1.165) is 41.5 Å². The second kappa shape index (κ2) is 13.2. The Labute approximate surface area is 244 Å². The van der Waals surface area contributed by atoms with Gasteiger partial charge in [0.05, 0.1) is 23.0 Å². The van der Waals surface area contributed by atoms with Crippen molar-refractivity contribution in [2.75, 3.05) is 12.3 Å². The number of hydrogen-bond acceptors (Lipinski definition) is 7. The van der Waals surface area contributed by atoms with Crippen molar-refractivity contribution in [1.29, 1.82) is 5.26 Å². The number of rotatable bonds is 6. The molecule has 1 aliphatic rings. The molecule has 8 heteroatoms. The number of para-hydroxylation sites is 1. The highest BCUT2D eigenvalue weighted by molar-refractivity contribution is 7.15. The highest BCUT2D eigenvalue weighted by Gasteiger charge is 2.21. The average molecular weight is 561 g/mol. The van der Waals surface area contributed by atoms with E-state index in [-0.39, 0.29) is 5.56 Å². The number of hydrogen-bond donors (Lipinski definition) is 2. The molecular weight excluding hydrogens is 528 g/mol. The monoisotopic (exact) mass is 560 g/mol. The minimum Gasteiger partial charge on any atom is -0.375 e. The molecule has 5 aromatic rings. The van der Waals surface area contributed by atoms with Crippen LogP contribution in [0.2, 0.25) is 0 Å². The minimum absolute atomic E-state index is 0.177. The molecule has 206 valence electrons. The molecule has 3 N–H and O–H groups in total. The first-order valence-corrected chi connectivity index (χ1v) is 14.6. The normalized spacial score (nSPS) is 13.9. The predicted octanol–water partition coefficient (Wildman–Crippen LogP) is 6.02. The van der Waals surface area contributed by atoms with Crippen molar-refractivity contribution in [3.8, 4) is 34.1 Å². The van der Waals surface area contributed by atoms with E-state index in [9.17, 15) is 10.1 Å². The van der Waals surface area contributed by atoms with Gasteiger partial charge in [-0.05, 0) is 68.6 Å². The number of nitrogens with one attached hydrogen (secondary N) is 1. The first-order valence-electron chi connectivity index (χ1n) is 13.8. The molecule has 7 nitrogen and oxygen atoms in total. The zero-order chi connectivity index (χ0) is 28.6. The summed E-state index contributed by atoms with van der Waals surface area (Å²) < 4.78 is 1.60. The Balaban J connectivity index is 0.000000202. The number of thiazole rings is 1. The summed E-state index contributed by atoms with van der Waals surface area (Å²) in [6, 6.07) is 26.9. The molecule has 6 rings (SSSR count). The number of fused-ring (bicyclic) bond motifs is 1. The van der Waals surface area contributed by atoms with Crippen molar-refractivity contribution in [1.82, 2.24) is 19.9 Å². The van der Waals surface area contributed by atoms with E-state index in [2.05, 4.69) is 28.3 Å². The molecule has 1 aliphatic carbocycles. The molecule has 0 saturated heterocycles. The van der Waals surface area contributed by atoms with Gasteiger partial charge in [0.25, 0.3) is 5.56 Å². The number of aryl methyl sites for hydroxylation is 1. The van der Waals surface area contributed by atoms with Crippen molar-refractivity contribution in [3.63, 3.8) is 0 Å². The Morgan fingerprint density at radius 1 is 1.07 bits per heavy atom. The maximum absolute atomic E-state index is 13.3. The standard InChI is InChI=1S/C23H15N3O.C10H17N3S/c24-15-17-8-4-5-11-20(17)21-14-18(22-12-6-7-13-25-22)16-26(23(21)27)19-9-2-1-3-10-19;1-2-5-12-7-3-4-8-9(6-7)14-10(11)13-8/h1-14,16H;7,12H,2-6H2,1H3,(H2,11,13)/t;7-/m.0/s1. The van der Waals surface area contributed by atoms with Gasteiger partial charge in [0.15, 0.2) is 5.13 Å². The van der Waals surface area contributed by atoms with E-state index in [4.69, 9.17) is 5.73 Å². The van der Waals surface area contributed by atoms with Gasteiger partial charge in [0.2, 0.25) is 0 Å². The van der Waals surface area contributed by atoms with Crippen molar-refractivity contribution in [3.05, 3.63) is 118 Å². The molecule has 1 atom stereocenters. The number of nitrogen functional groups attached to an aromatic ring is 1. The molecule has 0 fully saturated rings. The number of nitrogens with zero attached hydrogens (tertiary/aromatic N) is 4. The van der Waals surface area contributed by atoms with Gasteiger partial charge in [0.1, 0.15) is 0 Å². The minimum atomic E-state index is -0.177. The number of nitriles is 1. The Kier molecular flexibility index (Phi) is 8.99. The molecule has 2 aromatic carbocycles. The molecule has 0 amide bonds. The van der Waals surface area contributed by atoms with E-state index < -0.39 is 0 Å². The van der Waals surface area contributed by atoms with Crippen LogP contribution in [0, 0.1) is 11.3 Å². The second-order valence-electron chi connectivity index (χ2n) is 9.84. The van der Waals surface area contributed by atoms with E-state index in [1.165, 1.54) is 23.4 Å². The van der Waals surface area contributed by atoms with Crippen LogP contribution in [0.5, 0.6) is 0 Å². The summed E-state index contributed by atoms with van der Waals surface area (Å²) in [5.41, 5.74) is 10.6. The number of anilines is 1. The van der Waals surface area contributed by atoms with Gasteiger partial charge >= 0.3 is 0 Å². The maximum Gasteiger partial charge on any atom is 0.263 e. The molecule has 0 bridgehead atoms. The van der Waals surface area contributed by atoms with Crippen LogP contribution in [-0.4, -0.2) is 27.1 Å². The lowest BCUT2D eigenvalue weighted by Gasteiger charge is -2.21. The number of benzene rings is 2. The van der Waals surface area contributed by atoms with Gasteiger partial charge in [0, 0.05) is 45.7 Å². The molecule has 0 saturated carbocycles. The Morgan fingerprint density at radius 3 is 2.61 bits per heavy atom. The lowest BCUT2D eigenvalue weighted by Crippen LogP contribution is -2.34. The summed E-state index contributed by atoms with van der Waals surface area (Å²) in [4.78, 5) is 23.4. The van der Waals surface area contributed by atoms with Crippen LogP contribution in [0.15, 0.2) is 96.1 Å². The van der Waals surface area contributed by atoms with E-state index in [1.807, 2.05) is 54.6 Å². The smallest absolute Gasteiger partial charge is 0.263 e. The van der Waals surface area contributed by atoms with Crippen LogP contribution in [0.1, 0.15) is 35.9 Å². The highest BCUT2D eigenvalue weighted by atomic mass is 32.1. The van der Waals surface area contributed by atoms with Crippen molar-refractivity contribution >= 4 is 16.5 Å². The van der Waals surface area contributed by atoms with Gasteiger partial charge in [-0.2, -0.15) is 5.26 Å². The van der Waals surface area contributed by atoms with E-state index >= 15 is 0 Å². The van der Waals surface area contributed by atoms with E-state index in [1.54, 1.807) is 52.6 Å². The predicted molar refractivity (Wildman–Crippen MR) is 166 cm³/mol. The van der Waals surface area contributed by atoms with Crippen LogP contribution < -0.4 is 16.6 Å². The van der Waals surface area contributed by atoms with Crippen molar-refractivity contribution in [2.45, 2.75) is 38.6 Å². The first-order chi connectivity index (χ1) is 20.1. The second-order valence-corrected chi connectivity index (χ2v) is 11.0. The Morgan fingerprint density at radius 2 is 1.85 bits per heavy atom. The summed E-state index contributed by atoms with van der Waals surface area (Å²) in [5, 5.41) is 13.8. The molecular formula is C33H32N6OS. The molecule has 41 heavy (non-hydrogen) atoms. The lowest BCUT2D eigenvalue weighted by atomic mass is 9.98. The summed E-state index contributed by atoms with van der Waals surface area (Å²) in [5.74, 6) is 0. The van der Waals surface area contributed by atoms with E-state index in [0.29, 0.717) is 22.7 Å². The number of aromatic nitrogens is 3. The van der Waals surface area contributed by atoms with Crippen LogP contribution >= 0.6 is 11.3 Å². The fourth-order valence-corrected chi connectivity index (χ4v) is 5.92. The molecule has 0 unspecified atom stereocenters. The number of nitrogens with two attached hydrogens (primary N) is 1. The fourth-order valence-electron chi connectivity index (χ4n) is 4.96. The Hall–Kier alpha value is -4.58. The summed E-state index contributed by atoms with van der Waals surface area (Å²) in [7, 11) is 0. The van der Waals surface area contributed by atoms with Crippen LogP contribution in [0.3, 0.4) is 0 Å². The third-order valence-electron chi connectivity index (χ3n) is 6.99. The average Bonchev–Trinajstić information content (AvgIpc) is 3.40. The van der Waals surface area contributed by atoms with Crippen LogP contribution in [0.4, 0.5) is 5.13 Å².